The van der Waals surface area contributed by atoms with Crippen molar-refractivity contribution in [3.8, 4) is 0 Å². The third kappa shape index (κ3) is 1.82. The fourth-order valence-electron chi connectivity index (χ4n) is 1.16. The van der Waals surface area contributed by atoms with Gasteiger partial charge in [0.2, 0.25) is 0 Å². The molecule has 3 nitrogen and oxygen atoms in total. The molecule has 0 bridgehead atoms. The van der Waals surface area contributed by atoms with Crippen molar-refractivity contribution in [3.05, 3.63) is 39.3 Å². The van der Waals surface area contributed by atoms with Gasteiger partial charge in [-0.1, -0.05) is 11.6 Å². The SMILES string of the molecule is O=C1OC(c2ccc(Cl)cc2)=C(Br)C1=O. The first-order chi connectivity index (χ1) is 7.09. The lowest BCUT2D eigenvalue weighted by atomic mass is 10.2. The Morgan fingerprint density at radius 2 is 1.73 bits per heavy atom. The lowest BCUT2D eigenvalue weighted by molar-refractivity contribution is -0.144. The number of rotatable bonds is 1. The average molecular weight is 287 g/mol. The van der Waals surface area contributed by atoms with E-state index in [1.165, 1.54) is 0 Å². The molecule has 0 saturated carbocycles. The van der Waals surface area contributed by atoms with Gasteiger partial charge in [0.1, 0.15) is 4.48 Å². The highest BCUT2D eigenvalue weighted by molar-refractivity contribution is 9.12. The van der Waals surface area contributed by atoms with Crippen LogP contribution < -0.4 is 0 Å². The molecule has 0 spiro atoms. The summed E-state index contributed by atoms with van der Waals surface area (Å²) in [6.07, 6.45) is 0. The van der Waals surface area contributed by atoms with Gasteiger partial charge in [0.15, 0.2) is 5.76 Å². The highest BCUT2D eigenvalue weighted by atomic mass is 79.9. The molecule has 0 unspecified atom stereocenters. The van der Waals surface area contributed by atoms with Crippen LogP contribution in [-0.4, -0.2) is 11.8 Å². The van der Waals surface area contributed by atoms with Crippen LogP contribution in [0.25, 0.3) is 5.76 Å². The molecule has 76 valence electrons. The molecule has 0 N–H and O–H groups in total. The first kappa shape index (κ1) is 10.4. The summed E-state index contributed by atoms with van der Waals surface area (Å²) in [7, 11) is 0. The standard InChI is InChI=1S/C10H4BrClO3/c11-7-8(13)10(14)15-9(7)5-1-3-6(12)4-2-5/h1-4H. The zero-order valence-electron chi connectivity index (χ0n) is 7.29. The molecule has 1 aliphatic heterocycles. The van der Waals surface area contributed by atoms with Gasteiger partial charge in [-0.25, -0.2) is 4.79 Å². The number of halogens is 2. The minimum Gasteiger partial charge on any atom is -0.418 e. The lowest BCUT2D eigenvalue weighted by Crippen LogP contribution is -2.07. The number of carbonyl (C=O) groups excluding carboxylic acids is 2. The summed E-state index contributed by atoms with van der Waals surface area (Å²) in [6.45, 7) is 0. The number of carbonyl (C=O) groups is 2. The van der Waals surface area contributed by atoms with Crippen LogP contribution in [0.4, 0.5) is 0 Å². The smallest absolute Gasteiger partial charge is 0.385 e. The monoisotopic (exact) mass is 286 g/mol. The van der Waals surface area contributed by atoms with Gasteiger partial charge in [-0.05, 0) is 40.2 Å². The molecule has 0 atom stereocenters. The van der Waals surface area contributed by atoms with Crippen LogP contribution in [0.2, 0.25) is 5.02 Å². The molecule has 1 heterocycles. The highest BCUT2D eigenvalue weighted by Crippen LogP contribution is 2.31. The summed E-state index contributed by atoms with van der Waals surface area (Å²) >= 11 is 8.73. The lowest BCUT2D eigenvalue weighted by Gasteiger charge is -2.01. The Bertz CT molecular complexity index is 476. The predicted octanol–water partition coefficient (Wildman–Crippen LogP) is 2.53. The number of hydrogen-bond donors (Lipinski definition) is 0. The molecule has 1 aromatic rings. The van der Waals surface area contributed by atoms with E-state index < -0.39 is 11.8 Å². The molecule has 0 saturated heterocycles. The molecular formula is C10H4BrClO3. The largest absolute Gasteiger partial charge is 0.418 e. The van der Waals surface area contributed by atoms with E-state index in [2.05, 4.69) is 15.9 Å². The number of hydrogen-bond acceptors (Lipinski definition) is 3. The summed E-state index contributed by atoms with van der Waals surface area (Å²) < 4.78 is 4.96. The van der Waals surface area contributed by atoms with Crippen molar-refractivity contribution in [2.75, 3.05) is 0 Å². The van der Waals surface area contributed by atoms with Gasteiger partial charge in [-0.3, -0.25) is 4.79 Å². The fraction of sp³-hybridized carbons (Fsp3) is 0. The molecule has 0 radical (unpaired) electrons. The Kier molecular flexibility index (Phi) is 2.63. The minimum atomic E-state index is -0.869. The summed E-state index contributed by atoms with van der Waals surface area (Å²) in [4.78, 5) is 22.1. The van der Waals surface area contributed by atoms with Crippen LogP contribution in [0.3, 0.4) is 0 Å². The molecule has 5 heteroatoms. The van der Waals surface area contributed by atoms with Gasteiger partial charge < -0.3 is 4.74 Å². The van der Waals surface area contributed by atoms with E-state index in [4.69, 9.17) is 16.3 Å². The van der Waals surface area contributed by atoms with E-state index in [1.807, 2.05) is 0 Å². The maximum atomic E-state index is 11.2. The summed E-state index contributed by atoms with van der Waals surface area (Å²) in [5.41, 5.74) is 0.630. The van der Waals surface area contributed by atoms with E-state index in [0.717, 1.165) is 0 Å². The van der Waals surface area contributed by atoms with Gasteiger partial charge in [0, 0.05) is 10.6 Å². The molecule has 2 rings (SSSR count). The number of ketones is 1. The molecule has 15 heavy (non-hydrogen) atoms. The molecule has 0 amide bonds. The highest BCUT2D eigenvalue weighted by Gasteiger charge is 2.32. The van der Waals surface area contributed by atoms with Crippen molar-refractivity contribution in [2.45, 2.75) is 0 Å². The number of benzene rings is 1. The van der Waals surface area contributed by atoms with Crippen LogP contribution in [0.1, 0.15) is 5.56 Å². The predicted molar refractivity (Wildman–Crippen MR) is 58.4 cm³/mol. The Morgan fingerprint density at radius 1 is 1.13 bits per heavy atom. The number of cyclic esters (lactones) is 1. The van der Waals surface area contributed by atoms with Crippen LogP contribution >= 0.6 is 27.5 Å². The number of Topliss-reactive ketones (excluding diaryl/α,β-unsaturated/α-hetero) is 1. The molecule has 0 aromatic heterocycles. The normalized spacial score (nSPS) is 15.9. The van der Waals surface area contributed by atoms with Gasteiger partial charge in [-0.15, -0.1) is 0 Å². The number of ether oxygens (including phenoxy) is 1. The van der Waals surface area contributed by atoms with Crippen LogP contribution in [0.15, 0.2) is 28.7 Å². The third-order valence-corrected chi connectivity index (χ3v) is 2.86. The van der Waals surface area contributed by atoms with Crippen LogP contribution in [0.5, 0.6) is 0 Å². The van der Waals surface area contributed by atoms with E-state index in [0.29, 0.717) is 10.6 Å². The summed E-state index contributed by atoms with van der Waals surface area (Å²) in [5, 5.41) is 0.575. The van der Waals surface area contributed by atoms with Crippen molar-refractivity contribution in [3.63, 3.8) is 0 Å². The second-order valence-electron chi connectivity index (χ2n) is 2.87. The maximum absolute atomic E-state index is 11.2. The van der Waals surface area contributed by atoms with Crippen molar-refractivity contribution in [1.82, 2.24) is 0 Å². The number of esters is 1. The zero-order chi connectivity index (χ0) is 11.0. The van der Waals surface area contributed by atoms with E-state index in [9.17, 15) is 9.59 Å². The van der Waals surface area contributed by atoms with Crippen molar-refractivity contribution in [1.29, 1.82) is 0 Å². The quantitative estimate of drug-likeness (QED) is 0.589. The van der Waals surface area contributed by atoms with Crippen LogP contribution in [0, 0.1) is 0 Å². The summed E-state index contributed by atoms with van der Waals surface area (Å²) in [6, 6.07) is 6.65. The molecular weight excluding hydrogens is 283 g/mol. The average Bonchev–Trinajstić information content (AvgIpc) is 2.47. The van der Waals surface area contributed by atoms with E-state index in [1.54, 1.807) is 24.3 Å². The summed E-state index contributed by atoms with van der Waals surface area (Å²) in [5.74, 6) is -1.30. The van der Waals surface area contributed by atoms with Gasteiger partial charge in [-0.2, -0.15) is 0 Å². The van der Waals surface area contributed by atoms with E-state index >= 15 is 0 Å². The Morgan fingerprint density at radius 3 is 2.20 bits per heavy atom. The molecule has 0 fully saturated rings. The van der Waals surface area contributed by atoms with Crippen LogP contribution in [-0.2, 0) is 14.3 Å². The molecule has 0 aliphatic carbocycles. The second-order valence-corrected chi connectivity index (χ2v) is 4.10. The van der Waals surface area contributed by atoms with Gasteiger partial charge in [0.25, 0.3) is 5.78 Å². The fourth-order valence-corrected chi connectivity index (χ4v) is 1.76. The first-order valence-corrected chi connectivity index (χ1v) is 5.19. The molecule has 1 aliphatic rings. The zero-order valence-corrected chi connectivity index (χ0v) is 9.63. The minimum absolute atomic E-state index is 0.148. The Balaban J connectivity index is 2.45. The van der Waals surface area contributed by atoms with Crippen molar-refractivity contribution in [2.24, 2.45) is 0 Å². The Labute approximate surface area is 98.8 Å². The third-order valence-electron chi connectivity index (χ3n) is 1.89. The maximum Gasteiger partial charge on any atom is 0.385 e. The Hall–Kier alpha value is -1.13. The molecule has 1 aromatic carbocycles. The van der Waals surface area contributed by atoms with Crippen molar-refractivity contribution >= 4 is 45.0 Å². The van der Waals surface area contributed by atoms with E-state index in [-0.39, 0.29) is 10.2 Å². The van der Waals surface area contributed by atoms with Gasteiger partial charge >= 0.3 is 5.97 Å². The first-order valence-electron chi connectivity index (χ1n) is 4.02. The van der Waals surface area contributed by atoms with Crippen molar-refractivity contribution < 1.29 is 14.3 Å². The van der Waals surface area contributed by atoms with Gasteiger partial charge in [0.05, 0.1) is 0 Å². The topological polar surface area (TPSA) is 43.4 Å². The second kappa shape index (κ2) is 3.79.